The van der Waals surface area contributed by atoms with Gasteiger partial charge in [0.15, 0.2) is 11.5 Å². The summed E-state index contributed by atoms with van der Waals surface area (Å²) in [6, 6.07) is 7.44. The summed E-state index contributed by atoms with van der Waals surface area (Å²) in [5, 5.41) is 0.989. The minimum Gasteiger partial charge on any atom is -0.492 e. The van der Waals surface area contributed by atoms with Crippen molar-refractivity contribution in [3.8, 4) is 17.2 Å². The predicted octanol–water partition coefficient (Wildman–Crippen LogP) is 3.19. The minimum atomic E-state index is -0.546. The van der Waals surface area contributed by atoms with E-state index in [0.29, 0.717) is 52.1 Å². The van der Waals surface area contributed by atoms with E-state index >= 15 is 0 Å². The number of para-hydroxylation sites is 1. The fourth-order valence-corrected chi connectivity index (χ4v) is 4.16. The van der Waals surface area contributed by atoms with Gasteiger partial charge in [-0.25, -0.2) is 0 Å². The van der Waals surface area contributed by atoms with Gasteiger partial charge in [-0.1, -0.05) is 12.1 Å². The molecule has 0 saturated carbocycles. The second kappa shape index (κ2) is 6.74. The van der Waals surface area contributed by atoms with Gasteiger partial charge >= 0.3 is 5.97 Å². The lowest BCUT2D eigenvalue weighted by molar-refractivity contribution is -0.147. The highest BCUT2D eigenvalue weighted by Gasteiger charge is 2.35. The number of rotatable bonds is 4. The molecule has 4 rings (SSSR count). The Bertz CT molecular complexity index is 1160. The first-order chi connectivity index (χ1) is 13.5. The Labute approximate surface area is 161 Å². The van der Waals surface area contributed by atoms with E-state index in [0.717, 1.165) is 5.52 Å². The van der Waals surface area contributed by atoms with E-state index in [1.54, 1.807) is 6.07 Å². The van der Waals surface area contributed by atoms with E-state index in [2.05, 4.69) is 4.57 Å². The van der Waals surface area contributed by atoms with Crippen LogP contribution < -0.4 is 19.6 Å². The monoisotopic (exact) mass is 383 g/mol. The van der Waals surface area contributed by atoms with Gasteiger partial charge in [-0.2, -0.15) is 0 Å². The van der Waals surface area contributed by atoms with Crippen molar-refractivity contribution in [2.75, 3.05) is 21.3 Å². The maximum absolute atomic E-state index is 13.4. The molecule has 2 aromatic carbocycles. The molecule has 0 N–H and O–H groups in total. The number of esters is 1. The third-order valence-corrected chi connectivity index (χ3v) is 5.17. The normalized spacial score (nSPS) is 15.5. The van der Waals surface area contributed by atoms with Crippen LogP contribution in [0.2, 0.25) is 0 Å². The first-order valence-corrected chi connectivity index (χ1v) is 8.97. The lowest BCUT2D eigenvalue weighted by Gasteiger charge is -2.31. The molecular formula is C21H21NO6. The maximum atomic E-state index is 13.4. The molecule has 7 nitrogen and oxygen atoms in total. The van der Waals surface area contributed by atoms with Gasteiger partial charge in [0.25, 0.3) is 0 Å². The van der Waals surface area contributed by atoms with E-state index < -0.39 is 12.1 Å². The van der Waals surface area contributed by atoms with Gasteiger partial charge in [0, 0.05) is 25.3 Å². The summed E-state index contributed by atoms with van der Waals surface area (Å²) in [4.78, 5) is 25.1. The van der Waals surface area contributed by atoms with Crippen LogP contribution in [0.3, 0.4) is 0 Å². The zero-order valence-corrected chi connectivity index (χ0v) is 16.2. The third kappa shape index (κ3) is 2.42. The lowest BCUT2D eigenvalue weighted by atomic mass is 9.94. The zero-order chi connectivity index (χ0) is 20.0. The Kier molecular flexibility index (Phi) is 4.37. The van der Waals surface area contributed by atoms with Crippen molar-refractivity contribution < 1.29 is 23.7 Å². The van der Waals surface area contributed by atoms with E-state index in [4.69, 9.17) is 18.9 Å². The maximum Gasteiger partial charge on any atom is 0.303 e. The van der Waals surface area contributed by atoms with Crippen LogP contribution in [-0.2, 0) is 16.1 Å². The quantitative estimate of drug-likeness (QED) is 0.509. The molecule has 0 saturated heterocycles. The minimum absolute atomic E-state index is 0.163. The number of hydrogen-bond acceptors (Lipinski definition) is 6. The fraction of sp³-hybridized carbons (Fsp3) is 0.333. The Morgan fingerprint density at radius 2 is 1.71 bits per heavy atom. The molecule has 1 aliphatic heterocycles. The molecule has 7 heteroatoms. The van der Waals surface area contributed by atoms with E-state index in [1.807, 2.05) is 18.2 Å². The molecule has 0 bridgehead atoms. The number of fused-ring (bicyclic) bond motifs is 2. The number of carbonyl (C=O) groups excluding carboxylic acids is 1. The first-order valence-electron chi connectivity index (χ1n) is 8.97. The van der Waals surface area contributed by atoms with Gasteiger partial charge in [0.05, 0.1) is 43.3 Å². The zero-order valence-electron chi connectivity index (χ0n) is 16.2. The highest BCUT2D eigenvalue weighted by atomic mass is 16.5. The summed E-state index contributed by atoms with van der Waals surface area (Å²) in [5.74, 6) is 0.629. The van der Waals surface area contributed by atoms with Crippen molar-refractivity contribution >= 4 is 27.8 Å². The molecule has 0 amide bonds. The molecule has 28 heavy (non-hydrogen) atoms. The van der Waals surface area contributed by atoms with Crippen LogP contribution in [0.5, 0.6) is 17.2 Å². The molecule has 3 aromatic rings. The summed E-state index contributed by atoms with van der Waals surface area (Å²) in [5.41, 5.74) is 1.93. The number of hydrogen-bond donors (Lipinski definition) is 0. The van der Waals surface area contributed by atoms with Gasteiger partial charge in [-0.3, -0.25) is 9.59 Å². The lowest BCUT2D eigenvalue weighted by Crippen LogP contribution is -2.23. The SMILES string of the molecule is COc1c(OC)c2c3c(c1OC)c(=O)c1ccccc1n3CC[C@@H]2OC(C)=O. The molecule has 0 unspecified atom stereocenters. The summed E-state index contributed by atoms with van der Waals surface area (Å²) >= 11 is 0. The first kappa shape index (κ1) is 18.2. The highest BCUT2D eigenvalue weighted by molar-refractivity contribution is 6.01. The van der Waals surface area contributed by atoms with Crippen LogP contribution in [0, 0.1) is 0 Å². The van der Waals surface area contributed by atoms with Crippen LogP contribution in [0.15, 0.2) is 29.1 Å². The number of nitrogens with zero attached hydrogens (tertiary/aromatic N) is 1. The molecule has 0 fully saturated rings. The van der Waals surface area contributed by atoms with Crippen molar-refractivity contribution in [2.24, 2.45) is 0 Å². The number of aromatic nitrogens is 1. The molecule has 1 aliphatic rings. The number of aryl methyl sites for hydroxylation is 1. The third-order valence-electron chi connectivity index (χ3n) is 5.17. The van der Waals surface area contributed by atoms with Crippen molar-refractivity contribution in [2.45, 2.75) is 26.0 Å². The topological polar surface area (TPSA) is 76.0 Å². The van der Waals surface area contributed by atoms with Crippen LogP contribution in [-0.4, -0.2) is 31.9 Å². The summed E-state index contributed by atoms with van der Waals surface area (Å²) in [6.07, 6.45) is 0.00994. The van der Waals surface area contributed by atoms with Crippen molar-refractivity contribution in [1.29, 1.82) is 0 Å². The largest absolute Gasteiger partial charge is 0.492 e. The number of benzene rings is 2. The van der Waals surface area contributed by atoms with Crippen LogP contribution in [0.1, 0.15) is 25.0 Å². The van der Waals surface area contributed by atoms with E-state index in [-0.39, 0.29) is 5.43 Å². The molecule has 0 radical (unpaired) electrons. The van der Waals surface area contributed by atoms with Gasteiger partial charge < -0.3 is 23.5 Å². The number of carbonyl (C=O) groups is 1. The average molecular weight is 383 g/mol. The Balaban J connectivity index is 2.29. The van der Waals surface area contributed by atoms with E-state index in [9.17, 15) is 9.59 Å². The Hall–Kier alpha value is -3.22. The second-order valence-electron chi connectivity index (χ2n) is 6.62. The van der Waals surface area contributed by atoms with Crippen molar-refractivity contribution in [3.05, 3.63) is 40.1 Å². The van der Waals surface area contributed by atoms with Crippen molar-refractivity contribution in [3.63, 3.8) is 0 Å². The fourth-order valence-electron chi connectivity index (χ4n) is 4.16. The standard InChI is InChI=1S/C21H21NO6/c1-11(23)28-14-9-10-22-13-8-6-5-7-12(13)18(24)16-17(22)15(14)19(25-2)21(27-4)20(16)26-3/h5-8,14H,9-10H2,1-4H3/t14-/m0/s1. The smallest absolute Gasteiger partial charge is 0.303 e. The molecular weight excluding hydrogens is 362 g/mol. The number of pyridine rings is 1. The second-order valence-corrected chi connectivity index (χ2v) is 6.62. The summed E-state index contributed by atoms with van der Waals surface area (Å²) in [7, 11) is 4.50. The van der Waals surface area contributed by atoms with Gasteiger partial charge in [0.1, 0.15) is 6.10 Å². The molecule has 1 aromatic heterocycles. The number of methoxy groups -OCH3 is 3. The van der Waals surface area contributed by atoms with Crippen LogP contribution in [0.4, 0.5) is 0 Å². The summed E-state index contributed by atoms with van der Waals surface area (Å²) in [6.45, 7) is 1.95. The average Bonchev–Trinajstić information content (AvgIpc) is 2.70. The molecule has 2 heterocycles. The van der Waals surface area contributed by atoms with Crippen molar-refractivity contribution in [1.82, 2.24) is 4.57 Å². The molecule has 146 valence electrons. The molecule has 1 atom stereocenters. The molecule has 0 aliphatic carbocycles. The summed E-state index contributed by atoms with van der Waals surface area (Å²) < 4.78 is 24.4. The molecule has 0 spiro atoms. The predicted molar refractivity (Wildman–Crippen MR) is 104 cm³/mol. The van der Waals surface area contributed by atoms with Crippen LogP contribution >= 0.6 is 0 Å². The van der Waals surface area contributed by atoms with Gasteiger partial charge in [0.2, 0.25) is 11.2 Å². The van der Waals surface area contributed by atoms with E-state index in [1.165, 1.54) is 28.3 Å². The van der Waals surface area contributed by atoms with Gasteiger partial charge in [-0.15, -0.1) is 0 Å². The highest BCUT2D eigenvalue weighted by Crippen LogP contribution is 2.51. The Morgan fingerprint density at radius 3 is 2.36 bits per heavy atom. The number of ether oxygens (including phenoxy) is 4. The Morgan fingerprint density at radius 1 is 1.04 bits per heavy atom. The van der Waals surface area contributed by atoms with Crippen LogP contribution in [0.25, 0.3) is 21.8 Å². The van der Waals surface area contributed by atoms with Gasteiger partial charge in [-0.05, 0) is 12.1 Å².